The molecular weight excluding hydrogens is 342 g/mol. The van der Waals surface area contributed by atoms with Crippen molar-refractivity contribution in [3.05, 3.63) is 84.5 Å². The van der Waals surface area contributed by atoms with Gasteiger partial charge in [0.05, 0.1) is 12.7 Å². The molecule has 1 nitrogen and oxygen atoms in total. The highest BCUT2D eigenvalue weighted by Gasteiger charge is 2.22. The largest absolute Gasteiger partial charge is 0.373 e. The fraction of sp³-hybridized carbons (Fsp3) is 0.333. The van der Waals surface area contributed by atoms with E-state index in [4.69, 9.17) is 4.74 Å². The molecule has 0 saturated carbocycles. The van der Waals surface area contributed by atoms with Gasteiger partial charge in [-0.2, -0.15) is 8.78 Å². The highest BCUT2D eigenvalue weighted by Crippen LogP contribution is 2.33. The third-order valence-electron chi connectivity index (χ3n) is 5.17. The maximum absolute atomic E-state index is 12.1. The number of allylic oxidation sites excluding steroid dienone is 2. The van der Waals surface area contributed by atoms with Gasteiger partial charge in [0.2, 0.25) is 0 Å². The summed E-state index contributed by atoms with van der Waals surface area (Å²) >= 11 is 0. The summed E-state index contributed by atoms with van der Waals surface area (Å²) in [5.41, 5.74) is 4.58. The van der Waals surface area contributed by atoms with Crippen LogP contribution in [0.4, 0.5) is 8.78 Å². The van der Waals surface area contributed by atoms with E-state index in [1.807, 2.05) is 18.2 Å². The molecule has 2 aromatic rings. The van der Waals surface area contributed by atoms with Crippen molar-refractivity contribution in [3.8, 4) is 11.1 Å². The van der Waals surface area contributed by atoms with Gasteiger partial charge in [-0.25, -0.2) is 0 Å². The Bertz CT molecular complexity index is 750. The van der Waals surface area contributed by atoms with Crippen LogP contribution in [0.15, 0.2) is 73.3 Å². The maximum atomic E-state index is 12.1. The van der Waals surface area contributed by atoms with Crippen molar-refractivity contribution >= 4 is 0 Å². The highest BCUT2D eigenvalue weighted by molar-refractivity contribution is 5.64. The van der Waals surface area contributed by atoms with Crippen molar-refractivity contribution in [2.24, 2.45) is 5.92 Å². The first kappa shape index (κ1) is 19.5. The standard InChI is InChI=1S/C24H26F2O/c1-2-4-19-9-16-23(27-17-19)22-14-12-21(13-15-22)20-10-7-18(8-11-20)5-3-6-24(25)26/h2,6-8,10-15,19,23H,1,3-5,9,16-17H2. The molecule has 1 heterocycles. The van der Waals surface area contributed by atoms with E-state index in [1.54, 1.807) is 0 Å². The lowest BCUT2D eigenvalue weighted by Crippen LogP contribution is -2.20. The van der Waals surface area contributed by atoms with Crippen molar-refractivity contribution in [2.45, 2.75) is 38.2 Å². The molecule has 1 fully saturated rings. The number of ether oxygens (including phenoxy) is 1. The van der Waals surface area contributed by atoms with Gasteiger partial charge < -0.3 is 4.74 Å². The van der Waals surface area contributed by atoms with Crippen molar-refractivity contribution in [3.63, 3.8) is 0 Å². The van der Waals surface area contributed by atoms with E-state index in [0.717, 1.165) is 42.2 Å². The first-order chi connectivity index (χ1) is 13.2. The fourth-order valence-electron chi connectivity index (χ4n) is 3.59. The van der Waals surface area contributed by atoms with Gasteiger partial charge in [-0.05, 0) is 66.4 Å². The Morgan fingerprint density at radius 2 is 1.67 bits per heavy atom. The topological polar surface area (TPSA) is 9.23 Å². The Balaban J connectivity index is 1.58. The molecule has 0 N–H and O–H groups in total. The Hall–Kier alpha value is -2.26. The third kappa shape index (κ3) is 5.61. The van der Waals surface area contributed by atoms with E-state index >= 15 is 0 Å². The van der Waals surface area contributed by atoms with Gasteiger partial charge in [0.1, 0.15) is 0 Å². The minimum atomic E-state index is -1.61. The van der Waals surface area contributed by atoms with Crippen LogP contribution in [-0.2, 0) is 11.2 Å². The van der Waals surface area contributed by atoms with Crippen LogP contribution >= 0.6 is 0 Å². The van der Waals surface area contributed by atoms with Gasteiger partial charge in [-0.1, -0.05) is 54.6 Å². The lowest BCUT2D eigenvalue weighted by Gasteiger charge is -2.28. The molecule has 3 heteroatoms. The summed E-state index contributed by atoms with van der Waals surface area (Å²) in [6.07, 6.45) is 5.79. The normalized spacial score (nSPS) is 19.5. The summed E-state index contributed by atoms with van der Waals surface area (Å²) in [5.74, 6) is 0.605. The maximum Gasteiger partial charge on any atom is 0.266 e. The minimum Gasteiger partial charge on any atom is -0.373 e. The number of benzene rings is 2. The van der Waals surface area contributed by atoms with Gasteiger partial charge in [-0.15, -0.1) is 6.58 Å². The molecule has 1 saturated heterocycles. The molecular formula is C24H26F2O. The molecule has 0 spiro atoms. The molecule has 142 valence electrons. The lowest BCUT2D eigenvalue weighted by molar-refractivity contribution is -0.0163. The monoisotopic (exact) mass is 368 g/mol. The predicted molar refractivity (Wildman–Crippen MR) is 107 cm³/mol. The second-order valence-electron chi connectivity index (χ2n) is 7.14. The van der Waals surface area contributed by atoms with E-state index in [-0.39, 0.29) is 6.10 Å². The van der Waals surface area contributed by atoms with Crippen molar-refractivity contribution < 1.29 is 13.5 Å². The van der Waals surface area contributed by atoms with Crippen LogP contribution in [0.3, 0.4) is 0 Å². The van der Waals surface area contributed by atoms with E-state index < -0.39 is 6.08 Å². The first-order valence-electron chi connectivity index (χ1n) is 9.58. The van der Waals surface area contributed by atoms with Crippen LogP contribution in [-0.4, -0.2) is 6.61 Å². The summed E-state index contributed by atoms with van der Waals surface area (Å²) in [7, 11) is 0. The van der Waals surface area contributed by atoms with Crippen molar-refractivity contribution in [1.82, 2.24) is 0 Å². The second-order valence-corrected chi connectivity index (χ2v) is 7.14. The Morgan fingerprint density at radius 3 is 2.22 bits per heavy atom. The van der Waals surface area contributed by atoms with Gasteiger partial charge in [0, 0.05) is 0 Å². The number of aryl methyl sites for hydroxylation is 1. The van der Waals surface area contributed by atoms with Crippen LogP contribution < -0.4 is 0 Å². The summed E-state index contributed by atoms with van der Waals surface area (Å²) in [5, 5.41) is 0. The average molecular weight is 368 g/mol. The second kappa shape index (κ2) is 9.61. The molecule has 2 unspecified atom stereocenters. The summed E-state index contributed by atoms with van der Waals surface area (Å²) in [4.78, 5) is 0. The van der Waals surface area contributed by atoms with Crippen LogP contribution in [0, 0.1) is 5.92 Å². The molecule has 0 radical (unpaired) electrons. The predicted octanol–water partition coefficient (Wildman–Crippen LogP) is 7.11. The van der Waals surface area contributed by atoms with Crippen molar-refractivity contribution in [2.75, 3.05) is 6.61 Å². The molecule has 3 rings (SSSR count). The SMILES string of the molecule is C=CCC1CCC(c2ccc(-c3ccc(CCC=C(F)F)cc3)cc2)OC1. The van der Waals surface area contributed by atoms with Gasteiger partial charge in [0.15, 0.2) is 0 Å². The molecule has 1 aliphatic rings. The molecule has 2 atom stereocenters. The van der Waals surface area contributed by atoms with Gasteiger partial charge in [0.25, 0.3) is 6.08 Å². The van der Waals surface area contributed by atoms with Crippen LogP contribution in [0.1, 0.15) is 42.9 Å². The molecule has 27 heavy (non-hydrogen) atoms. The quantitative estimate of drug-likeness (QED) is 0.473. The van der Waals surface area contributed by atoms with E-state index in [1.165, 1.54) is 12.0 Å². The van der Waals surface area contributed by atoms with E-state index in [0.29, 0.717) is 18.8 Å². The zero-order valence-corrected chi connectivity index (χ0v) is 15.5. The zero-order valence-electron chi connectivity index (χ0n) is 15.5. The molecule has 1 aliphatic heterocycles. The number of hydrogen-bond donors (Lipinski definition) is 0. The number of hydrogen-bond acceptors (Lipinski definition) is 1. The van der Waals surface area contributed by atoms with Crippen LogP contribution in [0.2, 0.25) is 0 Å². The number of rotatable bonds is 7. The first-order valence-corrected chi connectivity index (χ1v) is 9.58. The zero-order chi connectivity index (χ0) is 19.1. The summed E-state index contributed by atoms with van der Waals surface area (Å²) in [6, 6.07) is 16.7. The lowest BCUT2D eigenvalue weighted by atomic mass is 9.92. The summed E-state index contributed by atoms with van der Waals surface area (Å²) < 4.78 is 30.2. The van der Waals surface area contributed by atoms with Crippen LogP contribution in [0.25, 0.3) is 11.1 Å². The Labute approximate surface area is 160 Å². The van der Waals surface area contributed by atoms with Gasteiger partial charge in [-0.3, -0.25) is 0 Å². The Morgan fingerprint density at radius 1 is 1.00 bits per heavy atom. The molecule has 0 bridgehead atoms. The fourth-order valence-corrected chi connectivity index (χ4v) is 3.59. The van der Waals surface area contributed by atoms with E-state index in [2.05, 4.69) is 43.0 Å². The average Bonchev–Trinajstić information content (AvgIpc) is 2.69. The van der Waals surface area contributed by atoms with Crippen molar-refractivity contribution in [1.29, 1.82) is 0 Å². The summed E-state index contributed by atoms with van der Waals surface area (Å²) in [6.45, 7) is 4.62. The molecule has 0 aliphatic carbocycles. The Kier molecular flexibility index (Phi) is 6.94. The van der Waals surface area contributed by atoms with E-state index in [9.17, 15) is 8.78 Å². The number of halogens is 2. The molecule has 0 amide bonds. The minimum absolute atomic E-state index is 0.187. The van der Waals surface area contributed by atoms with Gasteiger partial charge >= 0.3 is 0 Å². The molecule has 2 aromatic carbocycles. The highest BCUT2D eigenvalue weighted by atomic mass is 19.3. The van der Waals surface area contributed by atoms with Crippen LogP contribution in [0.5, 0.6) is 0 Å². The smallest absolute Gasteiger partial charge is 0.266 e. The molecule has 0 aromatic heterocycles. The third-order valence-corrected chi connectivity index (χ3v) is 5.17.